The fourth-order valence-electron chi connectivity index (χ4n) is 2.79. The quantitative estimate of drug-likeness (QED) is 0.669. The summed E-state index contributed by atoms with van der Waals surface area (Å²) in [5.41, 5.74) is 0.628. The predicted octanol–water partition coefficient (Wildman–Crippen LogP) is 2.70. The minimum atomic E-state index is -0.325. The molecule has 2 heterocycles. The molecule has 4 rings (SSSR count). The summed E-state index contributed by atoms with van der Waals surface area (Å²) in [6.07, 6.45) is 2.10. The average molecular weight is 417 g/mol. The second-order valence-electron chi connectivity index (χ2n) is 6.17. The van der Waals surface area contributed by atoms with E-state index in [1.54, 1.807) is 16.7 Å². The van der Waals surface area contributed by atoms with E-state index in [-0.39, 0.29) is 23.9 Å². The molecule has 1 saturated carbocycles. The normalized spacial score (nSPS) is 13.7. The summed E-state index contributed by atoms with van der Waals surface area (Å²) in [6.45, 7) is 0.582. The summed E-state index contributed by atoms with van der Waals surface area (Å²) in [5.74, 6) is 1.02. The van der Waals surface area contributed by atoms with Gasteiger partial charge in [-0.25, -0.2) is 14.0 Å². The standard InChI is InChI=1S/C18H17BrN4O3/c19-15-9-8-14(26-15)17(24)20-10-11-22-18(25)23(13-4-2-1-3-5-13)16(21-22)12-6-7-12/h1-5,8-9,12H,6-7,10-11H2,(H,20,24). The zero-order chi connectivity index (χ0) is 18.1. The molecule has 3 aromatic rings. The summed E-state index contributed by atoms with van der Waals surface area (Å²) in [5, 5.41) is 7.25. The van der Waals surface area contributed by atoms with E-state index in [4.69, 9.17) is 4.42 Å². The van der Waals surface area contributed by atoms with Crippen LogP contribution in [0.4, 0.5) is 0 Å². The number of carbonyl (C=O) groups excluding carboxylic acids is 1. The topological polar surface area (TPSA) is 82.1 Å². The zero-order valence-electron chi connectivity index (χ0n) is 13.9. The maximum absolute atomic E-state index is 12.8. The van der Waals surface area contributed by atoms with E-state index in [9.17, 15) is 9.59 Å². The summed E-state index contributed by atoms with van der Waals surface area (Å²) in [6, 6.07) is 12.8. The van der Waals surface area contributed by atoms with E-state index in [2.05, 4.69) is 26.3 Å². The molecule has 0 aliphatic heterocycles. The number of hydrogen-bond acceptors (Lipinski definition) is 4. The van der Waals surface area contributed by atoms with Gasteiger partial charge in [-0.15, -0.1) is 0 Å². The maximum atomic E-state index is 12.8. The highest BCUT2D eigenvalue weighted by Gasteiger charge is 2.31. The van der Waals surface area contributed by atoms with Gasteiger partial charge in [0.05, 0.1) is 12.2 Å². The number of aromatic nitrogens is 3. The average Bonchev–Trinajstić information content (AvgIpc) is 3.32. The van der Waals surface area contributed by atoms with Gasteiger partial charge in [-0.05, 0) is 53.0 Å². The summed E-state index contributed by atoms with van der Waals surface area (Å²) in [7, 11) is 0. The fraction of sp³-hybridized carbons (Fsp3) is 0.278. The Labute approximate surface area is 157 Å². The molecule has 1 fully saturated rings. The van der Waals surface area contributed by atoms with Gasteiger partial charge in [-0.2, -0.15) is 5.10 Å². The van der Waals surface area contributed by atoms with Crippen LogP contribution < -0.4 is 11.0 Å². The maximum Gasteiger partial charge on any atom is 0.350 e. The first kappa shape index (κ1) is 16.8. The van der Waals surface area contributed by atoms with Gasteiger partial charge in [0.2, 0.25) is 0 Å². The molecule has 2 aromatic heterocycles. The van der Waals surface area contributed by atoms with Gasteiger partial charge in [-0.1, -0.05) is 18.2 Å². The van der Waals surface area contributed by atoms with Crippen molar-refractivity contribution in [3.63, 3.8) is 0 Å². The number of amides is 1. The summed E-state index contributed by atoms with van der Waals surface area (Å²) >= 11 is 3.16. The third-order valence-corrected chi connectivity index (χ3v) is 4.65. The second kappa shape index (κ2) is 6.95. The van der Waals surface area contributed by atoms with Crippen LogP contribution in [-0.2, 0) is 6.54 Å². The van der Waals surface area contributed by atoms with Gasteiger partial charge < -0.3 is 9.73 Å². The molecule has 1 aliphatic carbocycles. The third kappa shape index (κ3) is 3.37. The number of carbonyl (C=O) groups is 1. The van der Waals surface area contributed by atoms with Crippen LogP contribution in [0, 0.1) is 0 Å². The van der Waals surface area contributed by atoms with Crippen LogP contribution in [0.2, 0.25) is 0 Å². The van der Waals surface area contributed by atoms with Crippen molar-refractivity contribution in [1.82, 2.24) is 19.7 Å². The molecule has 0 unspecified atom stereocenters. The Kier molecular flexibility index (Phi) is 4.50. The predicted molar refractivity (Wildman–Crippen MR) is 98.5 cm³/mol. The van der Waals surface area contributed by atoms with E-state index in [1.807, 2.05) is 30.3 Å². The van der Waals surface area contributed by atoms with Crippen molar-refractivity contribution in [3.05, 3.63) is 69.2 Å². The van der Waals surface area contributed by atoms with Gasteiger partial charge in [0.1, 0.15) is 5.82 Å². The lowest BCUT2D eigenvalue weighted by Crippen LogP contribution is -2.31. The SMILES string of the molecule is O=C(NCCn1nc(C2CC2)n(-c2ccccc2)c1=O)c1ccc(Br)o1. The highest BCUT2D eigenvalue weighted by Crippen LogP contribution is 2.39. The Balaban J connectivity index is 1.50. The molecular weight excluding hydrogens is 400 g/mol. The Bertz CT molecular complexity index is 986. The van der Waals surface area contributed by atoms with E-state index in [0.717, 1.165) is 24.4 Å². The molecule has 0 radical (unpaired) electrons. The third-order valence-electron chi connectivity index (χ3n) is 4.23. The molecule has 0 bridgehead atoms. The smallest absolute Gasteiger partial charge is 0.350 e. The van der Waals surface area contributed by atoms with E-state index in [0.29, 0.717) is 17.1 Å². The number of para-hydroxylation sites is 1. The van der Waals surface area contributed by atoms with Crippen LogP contribution in [0.25, 0.3) is 5.69 Å². The first-order valence-corrected chi connectivity index (χ1v) is 9.21. The molecule has 0 saturated heterocycles. The van der Waals surface area contributed by atoms with Gasteiger partial charge in [0.15, 0.2) is 10.4 Å². The van der Waals surface area contributed by atoms with Gasteiger partial charge in [0, 0.05) is 12.5 Å². The number of hydrogen-bond donors (Lipinski definition) is 1. The Morgan fingerprint density at radius 3 is 2.65 bits per heavy atom. The van der Waals surface area contributed by atoms with Crippen molar-refractivity contribution in [3.8, 4) is 5.69 Å². The molecule has 0 spiro atoms. The minimum Gasteiger partial charge on any atom is -0.444 e. The molecule has 1 aromatic carbocycles. The number of benzene rings is 1. The molecule has 1 aliphatic rings. The number of rotatable bonds is 6. The van der Waals surface area contributed by atoms with Crippen molar-refractivity contribution >= 4 is 21.8 Å². The molecule has 0 atom stereocenters. The summed E-state index contributed by atoms with van der Waals surface area (Å²) in [4.78, 5) is 24.8. The number of nitrogens with zero attached hydrogens (tertiary/aromatic N) is 3. The lowest BCUT2D eigenvalue weighted by molar-refractivity contribution is 0.0923. The zero-order valence-corrected chi connectivity index (χ0v) is 15.5. The van der Waals surface area contributed by atoms with Crippen LogP contribution in [0.5, 0.6) is 0 Å². The van der Waals surface area contributed by atoms with Crippen molar-refractivity contribution in [2.45, 2.75) is 25.3 Å². The molecule has 7 nitrogen and oxygen atoms in total. The van der Waals surface area contributed by atoms with Crippen LogP contribution in [0.1, 0.15) is 35.1 Å². The second-order valence-corrected chi connectivity index (χ2v) is 6.95. The van der Waals surface area contributed by atoms with Crippen molar-refractivity contribution < 1.29 is 9.21 Å². The monoisotopic (exact) mass is 416 g/mol. The lowest BCUT2D eigenvalue weighted by atomic mass is 10.3. The van der Waals surface area contributed by atoms with Crippen LogP contribution >= 0.6 is 15.9 Å². The largest absolute Gasteiger partial charge is 0.444 e. The van der Waals surface area contributed by atoms with Gasteiger partial charge in [0.25, 0.3) is 5.91 Å². The van der Waals surface area contributed by atoms with Crippen molar-refractivity contribution in [2.24, 2.45) is 0 Å². The fourth-order valence-corrected chi connectivity index (χ4v) is 3.10. The Hall–Kier alpha value is -2.61. The van der Waals surface area contributed by atoms with Crippen molar-refractivity contribution in [2.75, 3.05) is 6.54 Å². The van der Waals surface area contributed by atoms with E-state index < -0.39 is 0 Å². The van der Waals surface area contributed by atoms with E-state index >= 15 is 0 Å². The molecular formula is C18H17BrN4O3. The molecule has 1 N–H and O–H groups in total. The summed E-state index contributed by atoms with van der Waals surface area (Å²) < 4.78 is 8.79. The van der Waals surface area contributed by atoms with Crippen LogP contribution in [0.15, 0.2) is 56.3 Å². The van der Waals surface area contributed by atoms with E-state index in [1.165, 1.54) is 4.68 Å². The van der Waals surface area contributed by atoms with Crippen LogP contribution in [-0.4, -0.2) is 26.8 Å². The Morgan fingerprint density at radius 2 is 2.00 bits per heavy atom. The van der Waals surface area contributed by atoms with Gasteiger partial charge in [-0.3, -0.25) is 4.79 Å². The highest BCUT2D eigenvalue weighted by molar-refractivity contribution is 9.10. The van der Waals surface area contributed by atoms with Crippen molar-refractivity contribution in [1.29, 1.82) is 0 Å². The molecule has 134 valence electrons. The molecule has 8 heteroatoms. The van der Waals surface area contributed by atoms with Crippen LogP contribution in [0.3, 0.4) is 0 Å². The van der Waals surface area contributed by atoms with Gasteiger partial charge >= 0.3 is 5.69 Å². The Morgan fingerprint density at radius 1 is 1.23 bits per heavy atom. The highest BCUT2D eigenvalue weighted by atomic mass is 79.9. The molecule has 1 amide bonds. The first-order valence-electron chi connectivity index (χ1n) is 8.42. The first-order chi connectivity index (χ1) is 12.6. The molecule has 26 heavy (non-hydrogen) atoms. The number of halogens is 1. The number of nitrogens with one attached hydrogen (secondary N) is 1. The lowest BCUT2D eigenvalue weighted by Gasteiger charge is -2.03. The minimum absolute atomic E-state index is 0.187. The number of furan rings is 1.